The molecule has 1 saturated heterocycles. The zero-order valence-electron chi connectivity index (χ0n) is 23.5. The third-order valence-corrected chi connectivity index (χ3v) is 6.67. The zero-order valence-corrected chi connectivity index (χ0v) is 23.5. The van der Waals surface area contributed by atoms with E-state index in [1.54, 1.807) is 48.4 Å². The Hall–Kier alpha value is -4.35. The molecule has 1 aromatic carbocycles. The third kappa shape index (κ3) is 5.80. The Balaban J connectivity index is 1.78. The number of ether oxygens (including phenoxy) is 3. The van der Waals surface area contributed by atoms with E-state index in [0.29, 0.717) is 36.6 Å². The fourth-order valence-corrected chi connectivity index (χ4v) is 4.76. The summed E-state index contributed by atoms with van der Waals surface area (Å²) in [5.74, 6) is -0.466. The number of hydrogen-bond acceptors (Lipinski definition) is 8. The number of primary amides is 1. The summed E-state index contributed by atoms with van der Waals surface area (Å²) in [5.41, 5.74) is 4.83. The number of nitrogens with one attached hydrogen (secondary N) is 1. The van der Waals surface area contributed by atoms with Crippen molar-refractivity contribution in [3.8, 4) is 11.5 Å². The molecule has 0 saturated carbocycles. The van der Waals surface area contributed by atoms with Crippen molar-refractivity contribution in [1.82, 2.24) is 14.9 Å². The van der Waals surface area contributed by atoms with Crippen LogP contribution in [0.4, 0.5) is 15.0 Å². The van der Waals surface area contributed by atoms with Gasteiger partial charge >= 0.3 is 6.09 Å². The number of methoxy groups -OCH3 is 2. The minimum atomic E-state index is -0.929. The van der Waals surface area contributed by atoms with Crippen molar-refractivity contribution in [2.45, 2.75) is 52.3 Å². The third-order valence-electron chi connectivity index (χ3n) is 6.67. The van der Waals surface area contributed by atoms with Gasteiger partial charge < -0.3 is 34.7 Å². The number of aromatic nitrogens is 2. The van der Waals surface area contributed by atoms with E-state index < -0.39 is 28.8 Å². The van der Waals surface area contributed by atoms with Gasteiger partial charge in [0.2, 0.25) is 5.43 Å². The van der Waals surface area contributed by atoms with Crippen LogP contribution < -0.4 is 30.9 Å². The number of halogens is 1. The number of rotatable bonds is 7. The van der Waals surface area contributed by atoms with Crippen LogP contribution in [0.15, 0.2) is 29.2 Å². The Morgan fingerprint density at radius 1 is 1.23 bits per heavy atom. The van der Waals surface area contributed by atoms with E-state index >= 15 is 4.39 Å². The number of benzene rings is 1. The lowest BCUT2D eigenvalue weighted by Gasteiger charge is -2.23. The van der Waals surface area contributed by atoms with E-state index in [4.69, 9.17) is 19.9 Å². The molecule has 0 bridgehead atoms. The van der Waals surface area contributed by atoms with Crippen LogP contribution in [0.3, 0.4) is 0 Å². The minimum Gasteiger partial charge on any atom is -0.497 e. The Morgan fingerprint density at radius 2 is 1.95 bits per heavy atom. The summed E-state index contributed by atoms with van der Waals surface area (Å²) in [6.07, 6.45) is 1.33. The van der Waals surface area contributed by atoms with Crippen LogP contribution in [0, 0.1) is 12.7 Å². The van der Waals surface area contributed by atoms with Crippen LogP contribution in [0.1, 0.15) is 48.7 Å². The summed E-state index contributed by atoms with van der Waals surface area (Å²) < 4.78 is 33.5. The lowest BCUT2D eigenvalue weighted by molar-refractivity contribution is 0.0508. The van der Waals surface area contributed by atoms with Crippen molar-refractivity contribution < 1.29 is 28.2 Å². The summed E-state index contributed by atoms with van der Waals surface area (Å²) in [7, 11) is 3.05. The van der Waals surface area contributed by atoms with Crippen LogP contribution in [0.25, 0.3) is 11.0 Å². The average molecular weight is 556 g/mol. The minimum absolute atomic E-state index is 0.0346. The van der Waals surface area contributed by atoms with Crippen molar-refractivity contribution in [1.29, 1.82) is 0 Å². The number of carbonyl (C=O) groups excluding carboxylic acids is 2. The summed E-state index contributed by atoms with van der Waals surface area (Å²) in [5, 5.41) is 2.78. The lowest BCUT2D eigenvalue weighted by atomic mass is 10.1. The molecule has 2 aromatic heterocycles. The first-order chi connectivity index (χ1) is 18.8. The number of fused-ring (bicyclic) bond motifs is 1. The van der Waals surface area contributed by atoms with Crippen molar-refractivity contribution in [3.63, 3.8) is 0 Å². The van der Waals surface area contributed by atoms with Crippen LogP contribution in [0.5, 0.6) is 11.5 Å². The molecule has 1 aliphatic rings. The molecule has 214 valence electrons. The van der Waals surface area contributed by atoms with Crippen LogP contribution >= 0.6 is 0 Å². The number of aryl methyl sites for hydroxylation is 1. The molecule has 1 aliphatic heterocycles. The number of nitrogens with two attached hydrogens (primary N) is 1. The maximum Gasteiger partial charge on any atom is 0.407 e. The quantitative estimate of drug-likeness (QED) is 0.454. The molecule has 2 amide bonds. The highest BCUT2D eigenvalue weighted by atomic mass is 19.1. The largest absolute Gasteiger partial charge is 0.497 e. The Labute approximate surface area is 231 Å². The van der Waals surface area contributed by atoms with Gasteiger partial charge in [0, 0.05) is 36.5 Å². The summed E-state index contributed by atoms with van der Waals surface area (Å²) in [4.78, 5) is 44.0. The van der Waals surface area contributed by atoms with E-state index in [-0.39, 0.29) is 40.6 Å². The number of anilines is 1. The monoisotopic (exact) mass is 555 g/mol. The molecular weight excluding hydrogens is 521 g/mol. The standard InChI is InChI=1S/C28H34FN5O6/c1-15-21-23(35)19(24(30)36)14-34(12-16-7-8-18(38-5)11-20(16)39-6)25(21)32-26(22(15)29)33-10-9-17(13-33)31-27(37)40-28(2,3)4/h7-8,11,14,17H,9-10,12-13H2,1-6H3,(H2,30,36)(H,31,37). The van der Waals surface area contributed by atoms with Crippen molar-refractivity contribution in [3.05, 3.63) is 57.1 Å². The van der Waals surface area contributed by atoms with Crippen LogP contribution in [-0.2, 0) is 11.3 Å². The van der Waals surface area contributed by atoms with Gasteiger partial charge in [0.15, 0.2) is 11.6 Å². The van der Waals surface area contributed by atoms with Gasteiger partial charge in [-0.3, -0.25) is 9.59 Å². The first-order valence-corrected chi connectivity index (χ1v) is 12.8. The Morgan fingerprint density at radius 3 is 2.58 bits per heavy atom. The second kappa shape index (κ2) is 11.0. The summed E-state index contributed by atoms with van der Waals surface area (Å²) in [6.45, 7) is 7.65. The second-order valence-corrected chi connectivity index (χ2v) is 10.7. The molecule has 3 heterocycles. The van der Waals surface area contributed by atoms with Crippen molar-refractivity contribution in [2.24, 2.45) is 5.73 Å². The number of pyridine rings is 2. The number of alkyl carbamates (subject to hydrolysis) is 1. The van der Waals surface area contributed by atoms with Gasteiger partial charge in [-0.25, -0.2) is 14.2 Å². The maximum absolute atomic E-state index is 15.8. The highest BCUT2D eigenvalue weighted by molar-refractivity contribution is 5.96. The highest BCUT2D eigenvalue weighted by Crippen LogP contribution is 2.30. The molecule has 0 aliphatic carbocycles. The second-order valence-electron chi connectivity index (χ2n) is 10.7. The maximum atomic E-state index is 15.8. The SMILES string of the molecule is COc1ccc(Cn2cc(C(N)=O)c(=O)c3c(C)c(F)c(N4CCC(NC(=O)OC(C)(C)C)C4)nc32)c(OC)c1. The molecule has 1 unspecified atom stereocenters. The molecule has 3 aromatic rings. The predicted molar refractivity (Wildman–Crippen MR) is 148 cm³/mol. The van der Waals surface area contributed by atoms with E-state index in [1.165, 1.54) is 27.3 Å². The van der Waals surface area contributed by atoms with E-state index in [9.17, 15) is 14.4 Å². The lowest BCUT2D eigenvalue weighted by Crippen LogP contribution is -2.40. The fourth-order valence-electron chi connectivity index (χ4n) is 4.76. The fraction of sp³-hybridized carbons (Fsp3) is 0.429. The first-order valence-electron chi connectivity index (χ1n) is 12.8. The topological polar surface area (TPSA) is 138 Å². The summed E-state index contributed by atoms with van der Waals surface area (Å²) in [6, 6.07) is 4.97. The van der Waals surface area contributed by atoms with Crippen molar-refractivity contribution >= 4 is 28.9 Å². The average Bonchev–Trinajstić information content (AvgIpc) is 3.33. The molecule has 1 atom stereocenters. The van der Waals surface area contributed by atoms with Gasteiger partial charge in [-0.05, 0) is 46.2 Å². The molecule has 0 radical (unpaired) electrons. The van der Waals surface area contributed by atoms with Gasteiger partial charge in [-0.2, -0.15) is 0 Å². The normalized spacial score (nSPS) is 15.3. The number of carbonyl (C=O) groups is 2. The Kier molecular flexibility index (Phi) is 7.90. The van der Waals surface area contributed by atoms with Gasteiger partial charge in [-0.15, -0.1) is 0 Å². The van der Waals surface area contributed by atoms with E-state index in [0.717, 1.165) is 0 Å². The molecule has 0 spiro atoms. The van der Waals surface area contributed by atoms with E-state index in [2.05, 4.69) is 10.3 Å². The summed E-state index contributed by atoms with van der Waals surface area (Å²) >= 11 is 0. The first kappa shape index (κ1) is 28.7. The molecule has 4 rings (SSSR count). The zero-order chi connectivity index (χ0) is 29.4. The molecule has 3 N–H and O–H groups in total. The van der Waals surface area contributed by atoms with Gasteiger partial charge in [0.05, 0.1) is 32.2 Å². The molecular formula is C28H34FN5O6. The highest BCUT2D eigenvalue weighted by Gasteiger charge is 2.30. The predicted octanol–water partition coefficient (Wildman–Crippen LogP) is 3.11. The van der Waals surface area contributed by atoms with Crippen molar-refractivity contribution in [2.75, 3.05) is 32.2 Å². The Bertz CT molecular complexity index is 1530. The van der Waals surface area contributed by atoms with Gasteiger partial charge in [-0.1, -0.05) is 0 Å². The van der Waals surface area contributed by atoms with Crippen LogP contribution in [0.2, 0.25) is 0 Å². The van der Waals surface area contributed by atoms with Gasteiger partial charge in [0.25, 0.3) is 5.91 Å². The molecule has 1 fully saturated rings. The molecule has 12 heteroatoms. The van der Waals surface area contributed by atoms with Gasteiger partial charge in [0.1, 0.15) is 28.3 Å². The number of amides is 2. The molecule has 40 heavy (non-hydrogen) atoms. The number of hydrogen-bond donors (Lipinski definition) is 2. The smallest absolute Gasteiger partial charge is 0.407 e. The van der Waals surface area contributed by atoms with E-state index in [1.807, 2.05) is 0 Å². The van der Waals surface area contributed by atoms with Crippen LogP contribution in [-0.4, -0.2) is 60.5 Å². The molecule has 11 nitrogen and oxygen atoms in total. The number of nitrogens with zero attached hydrogens (tertiary/aromatic N) is 3.